The summed E-state index contributed by atoms with van der Waals surface area (Å²) in [6.45, 7) is 3.06. The number of nitrogens with one attached hydrogen (secondary N) is 1. The lowest BCUT2D eigenvalue weighted by Crippen LogP contribution is -2.46. The Morgan fingerprint density at radius 2 is 1.84 bits per heavy atom. The van der Waals surface area contributed by atoms with Crippen molar-refractivity contribution < 1.29 is 13.6 Å². The van der Waals surface area contributed by atoms with Gasteiger partial charge in [-0.15, -0.1) is 0 Å². The Labute approximate surface area is 111 Å². The van der Waals surface area contributed by atoms with Gasteiger partial charge < -0.3 is 10.2 Å². The van der Waals surface area contributed by atoms with E-state index >= 15 is 0 Å². The minimum atomic E-state index is -0.533. The Hall–Kier alpha value is -1.49. The van der Waals surface area contributed by atoms with Crippen LogP contribution >= 0.6 is 0 Å². The number of carbonyl (C=O) groups excluding carboxylic acids is 1. The third kappa shape index (κ3) is 3.73. The molecular weight excluding hydrogens is 250 g/mol. The maximum atomic E-state index is 13.4. The number of carbonyl (C=O) groups is 1. The van der Waals surface area contributed by atoms with E-state index in [-0.39, 0.29) is 17.9 Å². The number of hydrogen-bond donors (Lipinski definition) is 1. The van der Waals surface area contributed by atoms with Gasteiger partial charge in [0.05, 0.1) is 0 Å². The SMILES string of the molecule is O=C(CCCc1c(F)cccc1F)N1CCNCC1. The molecule has 19 heavy (non-hydrogen) atoms. The van der Waals surface area contributed by atoms with E-state index < -0.39 is 11.6 Å². The van der Waals surface area contributed by atoms with Crippen LogP contribution in [0.4, 0.5) is 8.78 Å². The maximum Gasteiger partial charge on any atom is 0.222 e. The molecule has 1 aromatic rings. The number of nitrogens with zero attached hydrogens (tertiary/aromatic N) is 1. The summed E-state index contributed by atoms with van der Waals surface area (Å²) < 4.78 is 26.8. The zero-order valence-electron chi connectivity index (χ0n) is 10.8. The smallest absolute Gasteiger partial charge is 0.222 e. The van der Waals surface area contributed by atoms with Gasteiger partial charge in [-0.05, 0) is 25.0 Å². The fourth-order valence-corrected chi connectivity index (χ4v) is 2.26. The highest BCUT2D eigenvalue weighted by molar-refractivity contribution is 5.76. The molecule has 0 aliphatic carbocycles. The quantitative estimate of drug-likeness (QED) is 0.901. The monoisotopic (exact) mass is 268 g/mol. The number of rotatable bonds is 4. The van der Waals surface area contributed by atoms with Gasteiger partial charge in [0.1, 0.15) is 11.6 Å². The molecule has 0 spiro atoms. The van der Waals surface area contributed by atoms with Gasteiger partial charge in [-0.25, -0.2) is 8.78 Å². The summed E-state index contributed by atoms with van der Waals surface area (Å²) in [4.78, 5) is 13.7. The van der Waals surface area contributed by atoms with E-state index in [1.165, 1.54) is 18.2 Å². The van der Waals surface area contributed by atoms with Crippen LogP contribution in [0.15, 0.2) is 18.2 Å². The van der Waals surface area contributed by atoms with Crippen molar-refractivity contribution in [2.45, 2.75) is 19.3 Å². The molecule has 5 heteroatoms. The Morgan fingerprint density at radius 1 is 1.21 bits per heavy atom. The second-order valence-corrected chi connectivity index (χ2v) is 4.68. The van der Waals surface area contributed by atoms with Crippen molar-refractivity contribution in [1.82, 2.24) is 10.2 Å². The molecule has 0 radical (unpaired) electrons. The van der Waals surface area contributed by atoms with Crippen LogP contribution in [0.3, 0.4) is 0 Å². The number of halogens is 2. The fraction of sp³-hybridized carbons (Fsp3) is 0.500. The Kier molecular flexibility index (Phi) is 4.85. The number of piperazine rings is 1. The van der Waals surface area contributed by atoms with E-state index in [0.29, 0.717) is 25.9 Å². The van der Waals surface area contributed by atoms with Crippen molar-refractivity contribution in [3.05, 3.63) is 35.4 Å². The average molecular weight is 268 g/mol. The maximum absolute atomic E-state index is 13.4. The topological polar surface area (TPSA) is 32.3 Å². The first-order valence-corrected chi connectivity index (χ1v) is 6.60. The molecule has 1 fully saturated rings. The number of hydrogen-bond acceptors (Lipinski definition) is 2. The lowest BCUT2D eigenvalue weighted by molar-refractivity contribution is -0.131. The third-order valence-electron chi connectivity index (χ3n) is 3.35. The minimum Gasteiger partial charge on any atom is -0.340 e. The summed E-state index contributed by atoms with van der Waals surface area (Å²) >= 11 is 0. The number of benzene rings is 1. The van der Waals surface area contributed by atoms with Crippen molar-refractivity contribution in [1.29, 1.82) is 0 Å². The Morgan fingerprint density at radius 3 is 2.47 bits per heavy atom. The van der Waals surface area contributed by atoms with Gasteiger partial charge in [0.25, 0.3) is 0 Å². The van der Waals surface area contributed by atoms with Crippen molar-refractivity contribution in [2.75, 3.05) is 26.2 Å². The molecule has 1 heterocycles. The Balaban J connectivity index is 1.81. The lowest BCUT2D eigenvalue weighted by Gasteiger charge is -2.27. The van der Waals surface area contributed by atoms with E-state index in [9.17, 15) is 13.6 Å². The molecule has 0 unspecified atom stereocenters. The van der Waals surface area contributed by atoms with Gasteiger partial charge in [0.2, 0.25) is 5.91 Å². The van der Waals surface area contributed by atoms with Crippen LogP contribution in [0.25, 0.3) is 0 Å². The molecule has 0 bridgehead atoms. The van der Waals surface area contributed by atoms with Crippen molar-refractivity contribution in [2.24, 2.45) is 0 Å². The van der Waals surface area contributed by atoms with Gasteiger partial charge >= 0.3 is 0 Å². The van der Waals surface area contributed by atoms with Gasteiger partial charge in [-0.3, -0.25) is 4.79 Å². The van der Waals surface area contributed by atoms with Crippen molar-refractivity contribution in [3.63, 3.8) is 0 Å². The summed E-state index contributed by atoms with van der Waals surface area (Å²) in [5, 5.41) is 3.17. The highest BCUT2D eigenvalue weighted by Crippen LogP contribution is 2.15. The van der Waals surface area contributed by atoms with E-state index in [1.54, 1.807) is 4.90 Å². The molecule has 1 aliphatic rings. The highest BCUT2D eigenvalue weighted by atomic mass is 19.1. The Bertz CT molecular complexity index is 425. The first-order chi connectivity index (χ1) is 9.18. The van der Waals surface area contributed by atoms with Crippen LogP contribution in [-0.4, -0.2) is 37.0 Å². The van der Waals surface area contributed by atoms with E-state index in [2.05, 4.69) is 5.32 Å². The van der Waals surface area contributed by atoms with Gasteiger partial charge in [-0.2, -0.15) is 0 Å². The molecule has 1 N–H and O–H groups in total. The first kappa shape index (κ1) is 13.9. The molecule has 3 nitrogen and oxygen atoms in total. The van der Waals surface area contributed by atoms with Crippen LogP contribution in [0, 0.1) is 11.6 Å². The molecule has 1 saturated heterocycles. The molecule has 2 rings (SSSR count). The average Bonchev–Trinajstić information content (AvgIpc) is 2.43. The molecular formula is C14H18F2N2O. The highest BCUT2D eigenvalue weighted by Gasteiger charge is 2.16. The predicted molar refractivity (Wildman–Crippen MR) is 68.7 cm³/mol. The first-order valence-electron chi connectivity index (χ1n) is 6.60. The zero-order valence-corrected chi connectivity index (χ0v) is 10.8. The van der Waals surface area contributed by atoms with Crippen molar-refractivity contribution >= 4 is 5.91 Å². The molecule has 1 aliphatic heterocycles. The molecule has 1 aromatic carbocycles. The summed E-state index contributed by atoms with van der Waals surface area (Å²) in [5.74, 6) is -0.998. The largest absolute Gasteiger partial charge is 0.340 e. The molecule has 104 valence electrons. The van der Waals surface area contributed by atoms with Crippen LogP contribution < -0.4 is 5.32 Å². The summed E-state index contributed by atoms with van der Waals surface area (Å²) in [6.07, 6.45) is 1.07. The fourth-order valence-electron chi connectivity index (χ4n) is 2.26. The summed E-state index contributed by atoms with van der Waals surface area (Å²) in [7, 11) is 0. The molecule has 1 amide bonds. The standard InChI is InChI=1S/C14H18F2N2O/c15-12-4-2-5-13(16)11(12)3-1-6-14(19)18-9-7-17-8-10-18/h2,4-5,17H,1,3,6-10H2. The third-order valence-corrected chi connectivity index (χ3v) is 3.35. The summed E-state index contributed by atoms with van der Waals surface area (Å²) in [5.41, 5.74) is 0.0793. The van der Waals surface area contributed by atoms with Crippen molar-refractivity contribution in [3.8, 4) is 0 Å². The van der Waals surface area contributed by atoms with E-state index in [1.807, 2.05) is 0 Å². The lowest BCUT2D eigenvalue weighted by atomic mass is 10.1. The molecule has 0 atom stereocenters. The van der Waals surface area contributed by atoms with Gasteiger partial charge in [0, 0.05) is 38.2 Å². The number of amides is 1. The van der Waals surface area contributed by atoms with Crippen LogP contribution in [0.1, 0.15) is 18.4 Å². The van der Waals surface area contributed by atoms with Gasteiger partial charge in [0.15, 0.2) is 0 Å². The van der Waals surface area contributed by atoms with Crippen LogP contribution in [0.5, 0.6) is 0 Å². The van der Waals surface area contributed by atoms with Gasteiger partial charge in [-0.1, -0.05) is 6.07 Å². The normalized spacial score (nSPS) is 15.6. The molecule has 0 aromatic heterocycles. The van der Waals surface area contributed by atoms with Crippen LogP contribution in [-0.2, 0) is 11.2 Å². The van der Waals surface area contributed by atoms with E-state index in [0.717, 1.165) is 13.1 Å². The minimum absolute atomic E-state index is 0.0678. The van der Waals surface area contributed by atoms with Crippen LogP contribution in [0.2, 0.25) is 0 Å². The predicted octanol–water partition coefficient (Wildman–Crippen LogP) is 1.72. The zero-order chi connectivity index (χ0) is 13.7. The second kappa shape index (κ2) is 6.61. The molecule has 0 saturated carbocycles. The van der Waals surface area contributed by atoms with E-state index in [4.69, 9.17) is 0 Å². The second-order valence-electron chi connectivity index (χ2n) is 4.68. The summed E-state index contributed by atoms with van der Waals surface area (Å²) in [6, 6.07) is 3.84.